The van der Waals surface area contributed by atoms with Crippen LogP contribution in [0.2, 0.25) is 0 Å². The zero-order valence-electron chi connectivity index (χ0n) is 12.4. The van der Waals surface area contributed by atoms with E-state index in [4.69, 9.17) is 9.84 Å². The second-order valence-corrected chi connectivity index (χ2v) is 7.00. The molecule has 5 rings (SSSR count). The predicted molar refractivity (Wildman–Crippen MR) is 73.2 cm³/mol. The van der Waals surface area contributed by atoms with Crippen LogP contribution < -0.4 is 0 Å². The van der Waals surface area contributed by atoms with Crippen molar-refractivity contribution in [1.82, 2.24) is 14.7 Å². The number of carboxylic acid groups (broad SMARTS) is 1. The van der Waals surface area contributed by atoms with Crippen LogP contribution in [0.25, 0.3) is 0 Å². The van der Waals surface area contributed by atoms with Gasteiger partial charge in [-0.15, -0.1) is 0 Å². The monoisotopic (exact) mass is 309 g/mol. The SMILES string of the molecule is COC(=O)C12CC(N3C[C@@H]4CN(C(=O)O)CCN4C3=O)(C1)C2. The lowest BCUT2D eigenvalue weighted by Gasteiger charge is -2.71. The molecule has 0 aromatic heterocycles. The highest BCUT2D eigenvalue weighted by Gasteiger charge is 2.76. The highest BCUT2D eigenvalue weighted by Crippen LogP contribution is 2.70. The molecule has 5 fully saturated rings. The summed E-state index contributed by atoms with van der Waals surface area (Å²) in [5.41, 5.74) is -0.568. The minimum absolute atomic E-state index is 0.00629. The van der Waals surface area contributed by atoms with Crippen LogP contribution in [0.1, 0.15) is 19.3 Å². The van der Waals surface area contributed by atoms with Crippen molar-refractivity contribution in [1.29, 1.82) is 0 Å². The van der Waals surface area contributed by atoms with Crippen molar-refractivity contribution in [2.45, 2.75) is 30.8 Å². The first-order valence-corrected chi connectivity index (χ1v) is 7.55. The average molecular weight is 309 g/mol. The normalized spacial score (nSPS) is 39.0. The zero-order valence-corrected chi connectivity index (χ0v) is 12.4. The molecule has 2 heterocycles. The quantitative estimate of drug-likeness (QED) is 0.735. The highest BCUT2D eigenvalue weighted by molar-refractivity contribution is 5.85. The summed E-state index contributed by atoms with van der Waals surface area (Å²) < 4.78 is 4.84. The van der Waals surface area contributed by atoms with Gasteiger partial charge in [-0.1, -0.05) is 0 Å². The molecule has 120 valence electrons. The molecule has 0 radical (unpaired) electrons. The zero-order chi connectivity index (χ0) is 15.7. The molecule has 2 saturated heterocycles. The number of carbonyl (C=O) groups is 3. The lowest BCUT2D eigenvalue weighted by molar-refractivity contribution is -0.222. The Morgan fingerprint density at radius 3 is 2.50 bits per heavy atom. The summed E-state index contributed by atoms with van der Waals surface area (Å²) in [5, 5.41) is 9.09. The number of piperazine rings is 1. The van der Waals surface area contributed by atoms with Gasteiger partial charge in [0.1, 0.15) is 0 Å². The van der Waals surface area contributed by atoms with Crippen molar-refractivity contribution in [3.8, 4) is 0 Å². The van der Waals surface area contributed by atoms with Gasteiger partial charge in [-0.25, -0.2) is 9.59 Å². The second-order valence-electron chi connectivity index (χ2n) is 7.00. The fourth-order valence-electron chi connectivity index (χ4n) is 4.73. The molecule has 1 atom stereocenters. The number of amides is 3. The summed E-state index contributed by atoms with van der Waals surface area (Å²) in [4.78, 5) is 40.5. The van der Waals surface area contributed by atoms with Gasteiger partial charge in [0, 0.05) is 31.7 Å². The van der Waals surface area contributed by atoms with E-state index in [1.54, 1.807) is 4.90 Å². The summed E-state index contributed by atoms with van der Waals surface area (Å²) in [7, 11) is 1.40. The smallest absolute Gasteiger partial charge is 0.407 e. The molecular weight excluding hydrogens is 290 g/mol. The molecule has 2 aliphatic heterocycles. The molecule has 2 bridgehead atoms. The van der Waals surface area contributed by atoms with Crippen molar-refractivity contribution in [3.63, 3.8) is 0 Å². The molecule has 5 aliphatic rings. The maximum Gasteiger partial charge on any atom is 0.407 e. The first-order chi connectivity index (χ1) is 10.4. The second kappa shape index (κ2) is 4.05. The van der Waals surface area contributed by atoms with Crippen LogP contribution in [0.15, 0.2) is 0 Å². The van der Waals surface area contributed by atoms with Gasteiger partial charge in [0.2, 0.25) is 0 Å². The Morgan fingerprint density at radius 2 is 1.91 bits per heavy atom. The van der Waals surface area contributed by atoms with Gasteiger partial charge in [0.25, 0.3) is 0 Å². The molecule has 8 nitrogen and oxygen atoms in total. The molecule has 22 heavy (non-hydrogen) atoms. The number of fused-ring (bicyclic) bond motifs is 1. The number of urea groups is 1. The first-order valence-electron chi connectivity index (χ1n) is 7.55. The minimum atomic E-state index is -0.930. The number of rotatable bonds is 2. The van der Waals surface area contributed by atoms with Crippen molar-refractivity contribution >= 4 is 18.1 Å². The number of esters is 1. The molecule has 8 heteroatoms. The van der Waals surface area contributed by atoms with Gasteiger partial charge >= 0.3 is 18.1 Å². The molecule has 3 amide bonds. The van der Waals surface area contributed by atoms with E-state index in [0.29, 0.717) is 45.4 Å². The predicted octanol–water partition coefficient (Wildman–Crippen LogP) is 0.182. The van der Waals surface area contributed by atoms with Gasteiger partial charge in [-0.05, 0) is 19.3 Å². The largest absolute Gasteiger partial charge is 0.469 e. The molecular formula is C14H19N3O5. The van der Waals surface area contributed by atoms with Gasteiger partial charge in [-0.3, -0.25) is 4.79 Å². The molecule has 0 aromatic carbocycles. The number of hydrogen-bond donors (Lipinski definition) is 1. The summed E-state index contributed by atoms with van der Waals surface area (Å²) in [5.74, 6) is -0.171. The molecule has 3 aliphatic carbocycles. The van der Waals surface area contributed by atoms with Crippen LogP contribution >= 0.6 is 0 Å². The standard InChI is InChI=1S/C14H19N3O5/c1-22-10(18)13-6-14(7-13,8-13)17-5-9-4-15(12(20)21)2-3-16(9)11(17)19/h9H,2-8H2,1H3,(H,20,21)/t9-,13?,14?/m0/s1. The Balaban J connectivity index is 1.45. The van der Waals surface area contributed by atoms with Gasteiger partial charge in [0.05, 0.1) is 18.6 Å². The lowest BCUT2D eigenvalue weighted by atomic mass is 9.39. The van der Waals surface area contributed by atoms with Gasteiger partial charge in [0.15, 0.2) is 0 Å². The molecule has 0 aromatic rings. The number of ether oxygens (including phenoxy) is 1. The van der Waals surface area contributed by atoms with E-state index in [-0.39, 0.29) is 29.0 Å². The van der Waals surface area contributed by atoms with E-state index in [1.807, 2.05) is 4.90 Å². The topological polar surface area (TPSA) is 90.4 Å². The molecule has 3 saturated carbocycles. The molecule has 1 N–H and O–H groups in total. The maximum atomic E-state index is 12.6. The highest BCUT2D eigenvalue weighted by atomic mass is 16.5. The van der Waals surface area contributed by atoms with Crippen molar-refractivity contribution in [3.05, 3.63) is 0 Å². The molecule has 0 unspecified atom stereocenters. The van der Waals surface area contributed by atoms with Crippen LogP contribution in [0.3, 0.4) is 0 Å². The van der Waals surface area contributed by atoms with E-state index in [1.165, 1.54) is 12.0 Å². The summed E-state index contributed by atoms with van der Waals surface area (Å²) in [6.07, 6.45) is 1.12. The summed E-state index contributed by atoms with van der Waals surface area (Å²) in [6.45, 7) is 1.74. The maximum absolute atomic E-state index is 12.6. The van der Waals surface area contributed by atoms with Crippen LogP contribution in [-0.2, 0) is 9.53 Å². The summed E-state index contributed by atoms with van der Waals surface area (Å²) in [6, 6.07) is -0.0753. The number of hydrogen-bond acceptors (Lipinski definition) is 4. The van der Waals surface area contributed by atoms with E-state index < -0.39 is 6.09 Å². The van der Waals surface area contributed by atoms with Gasteiger partial charge < -0.3 is 24.5 Å². The third kappa shape index (κ3) is 1.50. The Kier molecular flexibility index (Phi) is 2.52. The minimum Gasteiger partial charge on any atom is -0.469 e. The number of methoxy groups -OCH3 is 1. The third-order valence-corrected chi connectivity index (χ3v) is 5.82. The van der Waals surface area contributed by atoms with Crippen LogP contribution in [-0.4, -0.2) is 82.8 Å². The van der Waals surface area contributed by atoms with Crippen molar-refractivity contribution < 1.29 is 24.2 Å². The Bertz CT molecular complexity index is 557. The van der Waals surface area contributed by atoms with Gasteiger partial charge in [-0.2, -0.15) is 0 Å². The average Bonchev–Trinajstić information content (AvgIpc) is 2.72. The van der Waals surface area contributed by atoms with E-state index in [9.17, 15) is 14.4 Å². The van der Waals surface area contributed by atoms with E-state index in [0.717, 1.165) is 0 Å². The fourth-order valence-corrected chi connectivity index (χ4v) is 4.73. The van der Waals surface area contributed by atoms with Crippen molar-refractivity contribution in [2.75, 3.05) is 33.3 Å². The van der Waals surface area contributed by atoms with Crippen molar-refractivity contribution in [2.24, 2.45) is 5.41 Å². The van der Waals surface area contributed by atoms with E-state index in [2.05, 4.69) is 0 Å². The Hall–Kier alpha value is -1.99. The molecule has 0 spiro atoms. The lowest BCUT2D eigenvalue weighted by Crippen LogP contribution is -2.77. The third-order valence-electron chi connectivity index (χ3n) is 5.82. The van der Waals surface area contributed by atoms with Crippen LogP contribution in [0.4, 0.5) is 9.59 Å². The first kappa shape index (κ1) is 13.7. The Labute approximate surface area is 127 Å². The summed E-state index contributed by atoms with van der Waals surface area (Å²) >= 11 is 0. The van der Waals surface area contributed by atoms with Crippen LogP contribution in [0.5, 0.6) is 0 Å². The number of carbonyl (C=O) groups excluding carboxylic acids is 2. The fraction of sp³-hybridized carbons (Fsp3) is 0.786. The van der Waals surface area contributed by atoms with E-state index >= 15 is 0 Å². The Morgan fingerprint density at radius 1 is 1.23 bits per heavy atom. The van der Waals surface area contributed by atoms with Crippen LogP contribution in [0, 0.1) is 5.41 Å². The number of nitrogens with zero attached hydrogens (tertiary/aromatic N) is 3.